The standard InChI is InChI=1S/C13H15ClN2S2/c1-9-10(6-7-17-9)12(16-15)8-18-13-5-3-2-4-11(13)14/h2-7,12,16H,8,15H2,1H3. The highest BCUT2D eigenvalue weighted by Gasteiger charge is 2.14. The maximum atomic E-state index is 6.14. The van der Waals surface area contributed by atoms with Crippen molar-refractivity contribution < 1.29 is 0 Å². The molecular weight excluding hydrogens is 284 g/mol. The second-order valence-corrected chi connectivity index (χ2v) is 6.48. The van der Waals surface area contributed by atoms with Crippen LogP contribution in [-0.2, 0) is 0 Å². The van der Waals surface area contributed by atoms with Crippen LogP contribution in [0.4, 0.5) is 0 Å². The van der Waals surface area contributed by atoms with Gasteiger partial charge in [-0.15, -0.1) is 23.1 Å². The van der Waals surface area contributed by atoms with E-state index in [4.69, 9.17) is 17.4 Å². The molecule has 5 heteroatoms. The fourth-order valence-electron chi connectivity index (χ4n) is 1.72. The highest BCUT2D eigenvalue weighted by Crippen LogP contribution is 2.31. The molecule has 0 bridgehead atoms. The smallest absolute Gasteiger partial charge is 0.0564 e. The second kappa shape index (κ2) is 6.59. The lowest BCUT2D eigenvalue weighted by atomic mass is 10.1. The van der Waals surface area contributed by atoms with E-state index in [0.717, 1.165) is 15.7 Å². The van der Waals surface area contributed by atoms with Crippen molar-refractivity contribution in [2.24, 2.45) is 5.84 Å². The lowest BCUT2D eigenvalue weighted by Crippen LogP contribution is -2.29. The normalized spacial score (nSPS) is 12.6. The summed E-state index contributed by atoms with van der Waals surface area (Å²) < 4.78 is 0. The Morgan fingerprint density at radius 2 is 2.17 bits per heavy atom. The minimum absolute atomic E-state index is 0.150. The van der Waals surface area contributed by atoms with Gasteiger partial charge in [0, 0.05) is 15.5 Å². The van der Waals surface area contributed by atoms with E-state index in [9.17, 15) is 0 Å². The minimum atomic E-state index is 0.150. The molecule has 0 spiro atoms. The number of rotatable bonds is 5. The van der Waals surface area contributed by atoms with Crippen molar-refractivity contribution in [3.05, 3.63) is 51.2 Å². The molecule has 0 radical (unpaired) electrons. The quantitative estimate of drug-likeness (QED) is 0.498. The van der Waals surface area contributed by atoms with Crippen molar-refractivity contribution in [1.82, 2.24) is 5.43 Å². The zero-order valence-electron chi connectivity index (χ0n) is 10.0. The highest BCUT2D eigenvalue weighted by molar-refractivity contribution is 7.99. The maximum Gasteiger partial charge on any atom is 0.0564 e. The van der Waals surface area contributed by atoms with Crippen molar-refractivity contribution in [2.75, 3.05) is 5.75 Å². The lowest BCUT2D eigenvalue weighted by Gasteiger charge is -2.16. The number of aryl methyl sites for hydroxylation is 1. The Hall–Kier alpha value is -0.520. The molecule has 1 heterocycles. The molecule has 0 aliphatic heterocycles. The summed E-state index contributed by atoms with van der Waals surface area (Å²) in [6.45, 7) is 2.12. The first-order valence-electron chi connectivity index (χ1n) is 5.60. The number of halogens is 1. The van der Waals surface area contributed by atoms with Gasteiger partial charge in [0.15, 0.2) is 0 Å². The fraction of sp³-hybridized carbons (Fsp3) is 0.231. The third-order valence-corrected chi connectivity index (χ3v) is 5.19. The van der Waals surface area contributed by atoms with E-state index >= 15 is 0 Å². The number of thiophene rings is 1. The zero-order valence-corrected chi connectivity index (χ0v) is 12.4. The van der Waals surface area contributed by atoms with E-state index in [1.54, 1.807) is 23.1 Å². The molecule has 1 aromatic heterocycles. The first kappa shape index (κ1) is 13.9. The van der Waals surface area contributed by atoms with Crippen LogP contribution in [0.5, 0.6) is 0 Å². The highest BCUT2D eigenvalue weighted by atomic mass is 35.5. The lowest BCUT2D eigenvalue weighted by molar-refractivity contribution is 0.610. The van der Waals surface area contributed by atoms with Crippen LogP contribution in [0.25, 0.3) is 0 Å². The number of nitrogens with two attached hydrogens (primary N) is 1. The van der Waals surface area contributed by atoms with Crippen LogP contribution in [0.1, 0.15) is 16.5 Å². The van der Waals surface area contributed by atoms with Gasteiger partial charge >= 0.3 is 0 Å². The van der Waals surface area contributed by atoms with Gasteiger partial charge in [-0.2, -0.15) is 0 Å². The van der Waals surface area contributed by atoms with Gasteiger partial charge in [-0.3, -0.25) is 11.3 Å². The van der Waals surface area contributed by atoms with Gasteiger partial charge in [-0.25, -0.2) is 0 Å². The van der Waals surface area contributed by atoms with Crippen LogP contribution in [-0.4, -0.2) is 5.75 Å². The van der Waals surface area contributed by atoms with E-state index in [0.29, 0.717) is 0 Å². The van der Waals surface area contributed by atoms with E-state index in [-0.39, 0.29) is 6.04 Å². The van der Waals surface area contributed by atoms with Crippen LogP contribution in [0, 0.1) is 6.92 Å². The van der Waals surface area contributed by atoms with Crippen LogP contribution < -0.4 is 11.3 Å². The average Bonchev–Trinajstić information content (AvgIpc) is 2.79. The monoisotopic (exact) mass is 298 g/mol. The minimum Gasteiger partial charge on any atom is -0.271 e. The summed E-state index contributed by atoms with van der Waals surface area (Å²) in [5.41, 5.74) is 4.14. The molecule has 2 aromatic rings. The van der Waals surface area contributed by atoms with Crippen molar-refractivity contribution in [1.29, 1.82) is 0 Å². The largest absolute Gasteiger partial charge is 0.271 e. The number of thioether (sulfide) groups is 1. The van der Waals surface area contributed by atoms with Gasteiger partial charge < -0.3 is 0 Å². The molecule has 0 fully saturated rings. The summed E-state index contributed by atoms with van der Waals surface area (Å²) in [5.74, 6) is 6.50. The first-order valence-corrected chi connectivity index (χ1v) is 7.84. The molecule has 2 rings (SSSR count). The van der Waals surface area contributed by atoms with Crippen molar-refractivity contribution in [2.45, 2.75) is 17.9 Å². The molecule has 3 N–H and O–H groups in total. The van der Waals surface area contributed by atoms with E-state index in [2.05, 4.69) is 23.8 Å². The molecule has 96 valence electrons. The number of nitrogens with one attached hydrogen (secondary N) is 1. The number of hydrogen-bond donors (Lipinski definition) is 2. The SMILES string of the molecule is Cc1sccc1C(CSc1ccccc1Cl)NN. The van der Waals surface area contributed by atoms with Gasteiger partial charge in [-0.05, 0) is 36.1 Å². The summed E-state index contributed by atoms with van der Waals surface area (Å²) in [4.78, 5) is 2.39. The average molecular weight is 299 g/mol. The van der Waals surface area contributed by atoms with Crippen molar-refractivity contribution in [3.8, 4) is 0 Å². The Kier molecular flexibility index (Phi) is 5.09. The Labute approximate surface area is 121 Å². The number of benzene rings is 1. The molecule has 1 atom stereocenters. The molecule has 0 aliphatic rings. The topological polar surface area (TPSA) is 38.0 Å². The van der Waals surface area contributed by atoms with Crippen LogP contribution in [0.3, 0.4) is 0 Å². The van der Waals surface area contributed by atoms with Gasteiger partial charge in [0.2, 0.25) is 0 Å². The summed E-state index contributed by atoms with van der Waals surface area (Å²) in [6, 6.07) is 10.1. The third kappa shape index (κ3) is 3.28. The molecule has 0 saturated carbocycles. The third-order valence-electron chi connectivity index (χ3n) is 2.72. The summed E-state index contributed by atoms with van der Waals surface area (Å²) in [7, 11) is 0. The van der Waals surface area contributed by atoms with Crippen molar-refractivity contribution >= 4 is 34.7 Å². The Morgan fingerprint density at radius 3 is 2.78 bits per heavy atom. The first-order chi connectivity index (χ1) is 8.72. The molecule has 1 aromatic carbocycles. The van der Waals surface area contributed by atoms with Crippen LogP contribution in [0.2, 0.25) is 5.02 Å². The Bertz CT molecular complexity index is 513. The molecular formula is C13H15ClN2S2. The molecule has 0 aliphatic carbocycles. The zero-order chi connectivity index (χ0) is 13.0. The van der Waals surface area contributed by atoms with Gasteiger partial charge in [0.05, 0.1) is 11.1 Å². The molecule has 1 unspecified atom stereocenters. The van der Waals surface area contributed by atoms with Gasteiger partial charge in [0.1, 0.15) is 0 Å². The molecule has 18 heavy (non-hydrogen) atoms. The predicted octanol–water partition coefficient (Wildman–Crippen LogP) is 4.01. The van der Waals surface area contributed by atoms with E-state index < -0.39 is 0 Å². The van der Waals surface area contributed by atoms with Gasteiger partial charge in [0.25, 0.3) is 0 Å². The molecule has 2 nitrogen and oxygen atoms in total. The fourth-order valence-corrected chi connectivity index (χ4v) is 3.79. The Balaban J connectivity index is 2.05. The summed E-state index contributed by atoms with van der Waals surface area (Å²) in [6.07, 6.45) is 0. The van der Waals surface area contributed by atoms with Crippen LogP contribution in [0.15, 0.2) is 40.6 Å². The Morgan fingerprint density at radius 1 is 1.39 bits per heavy atom. The summed E-state index contributed by atoms with van der Waals surface area (Å²) in [5, 5.41) is 2.88. The van der Waals surface area contributed by atoms with Gasteiger partial charge in [-0.1, -0.05) is 23.7 Å². The number of hydrogen-bond acceptors (Lipinski definition) is 4. The van der Waals surface area contributed by atoms with Crippen molar-refractivity contribution in [3.63, 3.8) is 0 Å². The molecule has 0 amide bonds. The number of hydrazine groups is 1. The predicted molar refractivity (Wildman–Crippen MR) is 81.3 cm³/mol. The van der Waals surface area contributed by atoms with E-state index in [1.807, 2.05) is 24.3 Å². The second-order valence-electron chi connectivity index (χ2n) is 3.89. The summed E-state index contributed by atoms with van der Waals surface area (Å²) >= 11 is 9.60. The maximum absolute atomic E-state index is 6.14. The van der Waals surface area contributed by atoms with Crippen LogP contribution >= 0.6 is 34.7 Å². The molecule has 0 saturated heterocycles. The van der Waals surface area contributed by atoms with E-state index in [1.165, 1.54) is 10.4 Å².